The molecule has 0 spiro atoms. The molecule has 0 fully saturated rings. The summed E-state index contributed by atoms with van der Waals surface area (Å²) in [6, 6.07) is 16.6. The van der Waals surface area contributed by atoms with E-state index < -0.39 is 27.6 Å². The molecule has 194 valence electrons. The van der Waals surface area contributed by atoms with Crippen LogP contribution in [0.4, 0.5) is 8.78 Å². The van der Waals surface area contributed by atoms with Crippen molar-refractivity contribution in [1.82, 2.24) is 8.87 Å². The number of hydrogen-bond acceptors (Lipinski definition) is 5. The van der Waals surface area contributed by atoms with Gasteiger partial charge in [-0.15, -0.1) is 0 Å². The maximum absolute atomic E-state index is 14.6. The minimum absolute atomic E-state index is 0.0358. The number of amides is 1. The Morgan fingerprint density at radius 3 is 2.46 bits per heavy atom. The molecule has 37 heavy (non-hydrogen) atoms. The summed E-state index contributed by atoms with van der Waals surface area (Å²) in [4.78, 5) is 17.3. The Morgan fingerprint density at radius 1 is 1.08 bits per heavy atom. The van der Waals surface area contributed by atoms with Crippen molar-refractivity contribution < 1.29 is 26.7 Å². The molecule has 0 N–H and O–H groups in total. The zero-order valence-electron chi connectivity index (χ0n) is 20.2. The second-order valence-electron chi connectivity index (χ2n) is 8.16. The van der Waals surface area contributed by atoms with Gasteiger partial charge in [-0.2, -0.15) is 9.30 Å². The summed E-state index contributed by atoms with van der Waals surface area (Å²) in [5, 5.41) is 0. The van der Waals surface area contributed by atoms with Gasteiger partial charge in [0.1, 0.15) is 5.82 Å². The van der Waals surface area contributed by atoms with E-state index in [4.69, 9.17) is 4.74 Å². The molecule has 1 heterocycles. The van der Waals surface area contributed by atoms with Crippen molar-refractivity contribution in [3.63, 3.8) is 0 Å². The quantitative estimate of drug-likeness (QED) is 0.289. The fourth-order valence-corrected chi connectivity index (χ4v) is 6.00. The van der Waals surface area contributed by atoms with Crippen LogP contribution in [-0.4, -0.2) is 43.5 Å². The number of nitrogens with zero attached hydrogens (tertiary/aromatic N) is 3. The van der Waals surface area contributed by atoms with Crippen LogP contribution in [0.15, 0.2) is 76.6 Å². The highest BCUT2D eigenvalue weighted by Crippen LogP contribution is 2.23. The van der Waals surface area contributed by atoms with Crippen LogP contribution in [0.5, 0.6) is 0 Å². The van der Waals surface area contributed by atoms with Gasteiger partial charge in [0, 0.05) is 38.4 Å². The molecule has 0 radical (unpaired) electrons. The molecule has 0 unspecified atom stereocenters. The van der Waals surface area contributed by atoms with E-state index in [0.29, 0.717) is 11.3 Å². The van der Waals surface area contributed by atoms with Crippen LogP contribution >= 0.6 is 11.3 Å². The van der Waals surface area contributed by atoms with Gasteiger partial charge < -0.3 is 9.30 Å². The highest BCUT2D eigenvalue weighted by molar-refractivity contribution is 7.89. The van der Waals surface area contributed by atoms with Crippen LogP contribution in [0, 0.1) is 11.6 Å². The van der Waals surface area contributed by atoms with Crippen LogP contribution < -0.4 is 4.80 Å². The molecule has 0 aliphatic carbocycles. The number of hydrogen-bond donors (Lipinski definition) is 0. The first-order valence-corrected chi connectivity index (χ1v) is 13.7. The summed E-state index contributed by atoms with van der Waals surface area (Å²) < 4.78 is 62.7. The fourth-order valence-electron chi connectivity index (χ4n) is 3.75. The van der Waals surface area contributed by atoms with E-state index in [9.17, 15) is 22.0 Å². The number of fused-ring (bicyclic) bond motifs is 1. The van der Waals surface area contributed by atoms with Crippen molar-refractivity contribution in [3.8, 4) is 0 Å². The molecule has 0 aliphatic heterocycles. The van der Waals surface area contributed by atoms with Crippen LogP contribution in [0.25, 0.3) is 10.2 Å². The molecule has 0 aliphatic rings. The first-order valence-electron chi connectivity index (χ1n) is 11.5. The van der Waals surface area contributed by atoms with Gasteiger partial charge in [-0.3, -0.25) is 4.79 Å². The number of ether oxygens (including phenoxy) is 1. The van der Waals surface area contributed by atoms with Crippen molar-refractivity contribution in [2.24, 2.45) is 4.99 Å². The first-order chi connectivity index (χ1) is 17.7. The van der Waals surface area contributed by atoms with Crippen molar-refractivity contribution in [1.29, 1.82) is 0 Å². The predicted molar refractivity (Wildman–Crippen MR) is 138 cm³/mol. The highest BCUT2D eigenvalue weighted by Gasteiger charge is 2.21. The largest absolute Gasteiger partial charge is 0.380 e. The maximum Gasteiger partial charge on any atom is 0.279 e. The van der Waals surface area contributed by atoms with E-state index in [-0.39, 0.29) is 40.5 Å². The first kappa shape index (κ1) is 26.8. The molecule has 0 bridgehead atoms. The minimum atomic E-state index is -3.79. The third kappa shape index (κ3) is 6.02. The average molecular weight is 546 g/mol. The monoisotopic (exact) mass is 545 g/mol. The third-order valence-electron chi connectivity index (χ3n) is 5.61. The molecular formula is C26H25F2N3O4S2. The Kier molecular flexibility index (Phi) is 8.28. The summed E-state index contributed by atoms with van der Waals surface area (Å²) in [6.07, 6.45) is 0. The Labute approximate surface area is 217 Å². The summed E-state index contributed by atoms with van der Waals surface area (Å²) >= 11 is 0.983. The number of carbonyl (C=O) groups excluding carboxylic acids is 1. The topological polar surface area (TPSA) is 81.0 Å². The molecular weight excluding hydrogens is 520 g/mol. The van der Waals surface area contributed by atoms with Gasteiger partial charge in [-0.25, -0.2) is 17.2 Å². The summed E-state index contributed by atoms with van der Waals surface area (Å²) in [7, 11) is -2.30. The van der Waals surface area contributed by atoms with Crippen molar-refractivity contribution in [3.05, 3.63) is 94.3 Å². The lowest BCUT2D eigenvalue weighted by atomic mass is 10.2. The summed E-state index contributed by atoms with van der Waals surface area (Å²) in [5.74, 6) is -2.12. The van der Waals surface area contributed by atoms with E-state index in [2.05, 4.69) is 4.99 Å². The smallest absolute Gasteiger partial charge is 0.279 e. The number of carbonyl (C=O) groups is 1. The molecule has 0 saturated heterocycles. The SMILES string of the molecule is CCOCCn1c(=NC(=O)c2ccc(S(=O)(=O)N(C)Cc3ccccc3)cc2)sc2cc(F)cc(F)c21. The number of benzene rings is 3. The van der Waals surface area contributed by atoms with E-state index in [1.54, 1.807) is 0 Å². The van der Waals surface area contributed by atoms with Crippen molar-refractivity contribution in [2.75, 3.05) is 20.3 Å². The van der Waals surface area contributed by atoms with Gasteiger partial charge >= 0.3 is 0 Å². The van der Waals surface area contributed by atoms with Crippen LogP contribution in [0.1, 0.15) is 22.8 Å². The van der Waals surface area contributed by atoms with Gasteiger partial charge in [0.25, 0.3) is 5.91 Å². The van der Waals surface area contributed by atoms with Gasteiger partial charge in [0.05, 0.1) is 21.7 Å². The predicted octanol–water partition coefficient (Wildman–Crippen LogP) is 4.58. The zero-order valence-corrected chi connectivity index (χ0v) is 21.9. The molecule has 0 saturated carbocycles. The molecule has 7 nitrogen and oxygen atoms in total. The highest BCUT2D eigenvalue weighted by atomic mass is 32.2. The Bertz CT molecular complexity index is 1580. The standard InChI is InChI=1S/C26H25F2N3O4S2/c1-3-35-14-13-31-24-22(28)15-20(27)16-23(24)36-26(31)29-25(32)19-9-11-21(12-10-19)37(33,34)30(2)17-18-7-5-4-6-8-18/h4-12,15-16H,3,13-14,17H2,1-2H3. The fraction of sp³-hybridized carbons (Fsp3) is 0.231. The number of thiazole rings is 1. The molecule has 1 aromatic heterocycles. The minimum Gasteiger partial charge on any atom is -0.380 e. The molecule has 1 amide bonds. The lowest BCUT2D eigenvalue weighted by molar-refractivity contribution is 0.0996. The molecule has 11 heteroatoms. The number of rotatable bonds is 9. The second-order valence-corrected chi connectivity index (χ2v) is 11.2. The molecule has 4 rings (SSSR count). The number of sulfonamides is 1. The third-order valence-corrected chi connectivity index (χ3v) is 8.46. The molecule has 4 aromatic rings. The van der Waals surface area contributed by atoms with Crippen molar-refractivity contribution in [2.45, 2.75) is 24.9 Å². The molecule has 0 atom stereocenters. The zero-order chi connectivity index (χ0) is 26.6. The van der Waals surface area contributed by atoms with E-state index >= 15 is 0 Å². The van der Waals surface area contributed by atoms with Gasteiger partial charge in [-0.05, 0) is 42.8 Å². The summed E-state index contributed by atoms with van der Waals surface area (Å²) in [6.45, 7) is 2.95. The number of halogens is 2. The Hall–Kier alpha value is -3.25. The molecule has 3 aromatic carbocycles. The van der Waals surface area contributed by atoms with Crippen LogP contribution in [0.3, 0.4) is 0 Å². The van der Waals surface area contributed by atoms with Crippen molar-refractivity contribution >= 4 is 37.5 Å². The van der Waals surface area contributed by atoms with E-state index in [0.717, 1.165) is 23.0 Å². The normalized spacial score (nSPS) is 12.5. The second kappa shape index (κ2) is 11.4. The maximum atomic E-state index is 14.6. The van der Waals surface area contributed by atoms with E-state index in [1.807, 2.05) is 37.3 Å². The lowest BCUT2D eigenvalue weighted by Gasteiger charge is -2.17. The van der Waals surface area contributed by atoms with Gasteiger partial charge in [0.15, 0.2) is 10.6 Å². The lowest BCUT2D eigenvalue weighted by Crippen LogP contribution is -2.26. The van der Waals surface area contributed by atoms with Crippen LogP contribution in [0.2, 0.25) is 0 Å². The summed E-state index contributed by atoms with van der Waals surface area (Å²) in [5.41, 5.74) is 1.14. The van der Waals surface area contributed by atoms with Crippen LogP contribution in [-0.2, 0) is 27.8 Å². The van der Waals surface area contributed by atoms with Gasteiger partial charge in [-0.1, -0.05) is 41.7 Å². The Morgan fingerprint density at radius 2 is 1.78 bits per heavy atom. The van der Waals surface area contributed by atoms with Gasteiger partial charge in [0.2, 0.25) is 10.0 Å². The number of aromatic nitrogens is 1. The average Bonchev–Trinajstić information content (AvgIpc) is 3.21. The van der Waals surface area contributed by atoms with E-state index in [1.165, 1.54) is 46.3 Å². The Balaban J connectivity index is 1.62.